The van der Waals surface area contributed by atoms with Crippen molar-refractivity contribution in [1.82, 2.24) is 0 Å². The van der Waals surface area contributed by atoms with Crippen molar-refractivity contribution in [2.24, 2.45) is 0 Å². The molecule has 0 aliphatic rings. The molecule has 0 N–H and O–H groups in total. The molecule has 276 valence electrons. The van der Waals surface area contributed by atoms with Gasteiger partial charge in [0.15, 0.2) is 5.49 Å². The van der Waals surface area contributed by atoms with Crippen molar-refractivity contribution in [3.8, 4) is 0 Å². The maximum absolute atomic E-state index is 3.30. The van der Waals surface area contributed by atoms with Crippen molar-refractivity contribution in [3.63, 3.8) is 0 Å². The molecule has 0 bridgehead atoms. The largest absolute Gasteiger partial charge is 0.175 e. The quantitative estimate of drug-likeness (QED) is 0.102. The molecule has 0 amide bonds. The lowest BCUT2D eigenvalue weighted by molar-refractivity contribution is 1.68. The third-order valence-electron chi connectivity index (χ3n) is 12.4. The Kier molecular flexibility index (Phi) is 10.7. The molecule has 0 spiro atoms. The highest BCUT2D eigenvalue weighted by Gasteiger charge is 2.70. The fourth-order valence-corrected chi connectivity index (χ4v) is 39.5. The van der Waals surface area contributed by atoms with E-state index < -0.39 is 23.8 Å². The van der Waals surface area contributed by atoms with Crippen LogP contribution in [0.3, 0.4) is 0 Å². The molecule has 0 heterocycles. The van der Waals surface area contributed by atoms with E-state index in [4.69, 9.17) is 0 Å². The van der Waals surface area contributed by atoms with Crippen LogP contribution in [0, 0.1) is 0 Å². The lowest BCUT2D eigenvalue weighted by Crippen LogP contribution is -3.01. The van der Waals surface area contributed by atoms with Gasteiger partial charge in [0.2, 0.25) is 0 Å². The molecule has 0 atom stereocenters. The Morgan fingerprint density at radius 3 is 0.362 bits per heavy atom. The summed E-state index contributed by atoms with van der Waals surface area (Å²) < 4.78 is 0. The molecule has 0 unspecified atom stereocenters. The van der Waals surface area contributed by atoms with Crippen LogP contribution in [0.1, 0.15) is 0 Å². The average Bonchev–Trinajstić information content (AvgIpc) is 3.33. The Bertz CT molecular complexity index is 2040. The van der Waals surface area contributed by atoms with Crippen molar-refractivity contribution >= 4 is 76.0 Å². The van der Waals surface area contributed by atoms with E-state index in [1.54, 1.807) is 0 Å². The Morgan fingerprint density at radius 2 is 0.259 bits per heavy atom. The molecular weight excluding hydrogens is 744 g/mol. The summed E-state index contributed by atoms with van der Waals surface area (Å²) in [5.74, 6) is 0. The van der Waals surface area contributed by atoms with Crippen molar-refractivity contribution in [2.75, 3.05) is 0 Å². The minimum atomic E-state index is -3.30. The molecular formula is C54H45BSi3. The predicted molar refractivity (Wildman–Crippen MR) is 258 cm³/mol. The summed E-state index contributed by atoms with van der Waals surface area (Å²) >= 11 is 0. The summed E-state index contributed by atoms with van der Waals surface area (Å²) in [4.78, 5) is 0. The number of benzene rings is 9. The molecule has 0 aromatic heterocycles. The highest BCUT2D eigenvalue weighted by Crippen LogP contribution is 2.29. The first-order valence-corrected chi connectivity index (χ1v) is 26.5. The van der Waals surface area contributed by atoms with Gasteiger partial charge in [-0.2, -0.15) is 0 Å². The third kappa shape index (κ3) is 6.22. The minimum Gasteiger partial charge on any atom is -0.0629 e. The predicted octanol–water partition coefficient (Wildman–Crippen LogP) is 6.23. The van der Waals surface area contributed by atoms with E-state index in [9.17, 15) is 0 Å². The maximum atomic E-state index is 2.47. The summed E-state index contributed by atoms with van der Waals surface area (Å²) in [6, 6.07) is 105. The van der Waals surface area contributed by atoms with E-state index >= 15 is 0 Å². The molecule has 0 saturated carbocycles. The van der Waals surface area contributed by atoms with Crippen molar-refractivity contribution in [1.29, 1.82) is 0 Å². The van der Waals surface area contributed by atoms with Crippen LogP contribution in [0.5, 0.6) is 0 Å². The number of hydrogen-bond donors (Lipinski definition) is 0. The number of rotatable bonds is 12. The molecule has 58 heavy (non-hydrogen) atoms. The lowest BCUT2D eigenvalue weighted by Gasteiger charge is -2.56. The maximum Gasteiger partial charge on any atom is 0.175 e. The molecule has 0 aliphatic heterocycles. The van der Waals surface area contributed by atoms with Crippen LogP contribution in [-0.2, 0) is 0 Å². The zero-order valence-electron chi connectivity index (χ0n) is 32.6. The third-order valence-corrected chi connectivity index (χ3v) is 33.9. The van der Waals surface area contributed by atoms with Crippen LogP contribution in [0.2, 0.25) is 0 Å². The van der Waals surface area contributed by atoms with Crippen LogP contribution in [0.15, 0.2) is 273 Å². The normalized spacial score (nSPS) is 11.8. The molecule has 0 saturated heterocycles. The molecule has 0 radical (unpaired) electrons. The van der Waals surface area contributed by atoms with Gasteiger partial charge in [0.1, 0.15) is 23.8 Å². The van der Waals surface area contributed by atoms with Gasteiger partial charge in [-0.05, 0) is 0 Å². The molecule has 0 aliphatic carbocycles. The zero-order valence-corrected chi connectivity index (χ0v) is 35.6. The first kappa shape index (κ1) is 37.3. The summed E-state index contributed by atoms with van der Waals surface area (Å²) in [7, 11) is -9.89. The van der Waals surface area contributed by atoms with E-state index in [-0.39, 0.29) is 5.49 Å². The van der Waals surface area contributed by atoms with Crippen LogP contribution < -0.4 is 46.7 Å². The van der Waals surface area contributed by atoms with Crippen molar-refractivity contribution in [2.45, 2.75) is 0 Å². The molecule has 0 fully saturated rings. The Morgan fingerprint density at radius 1 is 0.155 bits per heavy atom. The SMILES string of the molecule is c1ccc([Si](B([Si](c2ccccc2)(c2ccccc2)c2ccccc2)[Si](c2ccccc2)(c2ccccc2)c2ccccc2)(c2ccccc2)c2ccccc2)cc1. The molecule has 9 rings (SSSR count). The van der Waals surface area contributed by atoms with Crippen LogP contribution in [0.4, 0.5) is 0 Å². The first-order chi connectivity index (χ1) is 28.8. The lowest BCUT2D eigenvalue weighted by atomic mass is 10.3. The second-order valence-corrected chi connectivity index (χ2v) is 28.7. The first-order valence-electron chi connectivity index (χ1n) is 20.3. The van der Waals surface area contributed by atoms with Crippen LogP contribution in [0.25, 0.3) is 0 Å². The van der Waals surface area contributed by atoms with E-state index in [2.05, 4.69) is 273 Å². The van der Waals surface area contributed by atoms with Gasteiger partial charge < -0.3 is 0 Å². The highest BCUT2D eigenvalue weighted by atomic mass is 28.4. The van der Waals surface area contributed by atoms with Gasteiger partial charge in [-0.3, -0.25) is 0 Å². The van der Waals surface area contributed by atoms with E-state index in [1.807, 2.05) is 0 Å². The second kappa shape index (κ2) is 16.7. The Labute approximate surface area is 347 Å². The van der Waals surface area contributed by atoms with E-state index in [0.29, 0.717) is 0 Å². The summed E-state index contributed by atoms with van der Waals surface area (Å²) in [6.07, 6.45) is 0. The Balaban J connectivity index is 1.68. The van der Waals surface area contributed by atoms with E-state index in [0.717, 1.165) is 0 Å². The second-order valence-electron chi connectivity index (χ2n) is 15.2. The zero-order chi connectivity index (χ0) is 39.1. The summed E-state index contributed by atoms with van der Waals surface area (Å²) in [5.41, 5.74) is 0.0825. The standard InChI is InChI=1S/C54H45BSi3/c1-10-28-46(29-11-1)56(47-30-12-2-13-31-47,48-32-14-3-15-33-48)55(57(49-34-16-4-17-35-49,50-36-18-5-19-37-50)51-38-20-6-21-39-51)58(52-40-22-7-23-41-52,53-42-24-8-25-43-53)54-44-26-9-27-45-54/h1-45H. The van der Waals surface area contributed by atoms with Crippen molar-refractivity contribution in [3.05, 3.63) is 273 Å². The number of hydrogen-bond acceptors (Lipinski definition) is 0. The minimum absolute atomic E-state index is 0.0825. The van der Waals surface area contributed by atoms with Gasteiger partial charge >= 0.3 is 0 Å². The molecule has 9 aromatic rings. The molecule has 0 nitrogen and oxygen atoms in total. The van der Waals surface area contributed by atoms with Gasteiger partial charge in [0, 0.05) is 0 Å². The monoisotopic (exact) mass is 788 g/mol. The van der Waals surface area contributed by atoms with Crippen LogP contribution in [-0.4, -0.2) is 29.3 Å². The summed E-state index contributed by atoms with van der Waals surface area (Å²) in [5, 5.41) is 12.8. The van der Waals surface area contributed by atoms with Gasteiger partial charge in [0.25, 0.3) is 0 Å². The van der Waals surface area contributed by atoms with Crippen LogP contribution >= 0.6 is 0 Å². The molecule has 9 aromatic carbocycles. The van der Waals surface area contributed by atoms with Gasteiger partial charge in [-0.15, -0.1) is 0 Å². The average molecular weight is 789 g/mol. The topological polar surface area (TPSA) is 0 Å². The van der Waals surface area contributed by atoms with Gasteiger partial charge in [-0.1, -0.05) is 320 Å². The van der Waals surface area contributed by atoms with Gasteiger partial charge in [-0.25, -0.2) is 0 Å². The smallest absolute Gasteiger partial charge is 0.0629 e. The van der Waals surface area contributed by atoms with E-state index in [1.165, 1.54) is 46.7 Å². The van der Waals surface area contributed by atoms with Gasteiger partial charge in [0.05, 0.1) is 0 Å². The fourth-order valence-electron chi connectivity index (χ4n) is 10.3. The summed E-state index contributed by atoms with van der Waals surface area (Å²) in [6.45, 7) is 0. The fraction of sp³-hybridized carbons (Fsp3) is 0. The molecule has 4 heteroatoms. The highest BCUT2D eigenvalue weighted by molar-refractivity contribution is 7.96. The Hall–Kier alpha value is -6.30. The van der Waals surface area contributed by atoms with Crippen molar-refractivity contribution < 1.29 is 0 Å².